The van der Waals surface area contributed by atoms with Gasteiger partial charge in [0, 0.05) is 37.6 Å². The molecular formula is C29H27ClFN7O4S. The molecule has 2 N–H and O–H groups in total. The molecular weight excluding hydrogens is 597 g/mol. The highest BCUT2D eigenvalue weighted by molar-refractivity contribution is 7.92. The number of carbonyl (C=O) groups excluding carboxylic acids is 1. The van der Waals surface area contributed by atoms with Gasteiger partial charge in [0.2, 0.25) is 15.7 Å². The second-order valence-corrected chi connectivity index (χ2v) is 13.1. The van der Waals surface area contributed by atoms with Crippen molar-refractivity contribution >= 4 is 49.9 Å². The highest BCUT2D eigenvalue weighted by Gasteiger charge is 2.40. The molecule has 1 saturated heterocycles. The summed E-state index contributed by atoms with van der Waals surface area (Å²) in [5.74, 6) is -0.642. The monoisotopic (exact) mass is 623 g/mol. The van der Waals surface area contributed by atoms with Crippen molar-refractivity contribution in [2.45, 2.75) is 36.1 Å². The molecule has 1 amide bonds. The van der Waals surface area contributed by atoms with Crippen LogP contribution >= 0.6 is 11.6 Å². The predicted molar refractivity (Wildman–Crippen MR) is 162 cm³/mol. The van der Waals surface area contributed by atoms with Gasteiger partial charge in [0.1, 0.15) is 11.6 Å². The smallest absolute Gasteiger partial charge is 0.355 e. The van der Waals surface area contributed by atoms with Crippen LogP contribution in [0.3, 0.4) is 0 Å². The zero-order valence-electron chi connectivity index (χ0n) is 23.1. The summed E-state index contributed by atoms with van der Waals surface area (Å²) in [5, 5.41) is -0.508. The number of carbonyl (C=O) groups is 1. The summed E-state index contributed by atoms with van der Waals surface area (Å²) in [6.07, 6.45) is 3.58. The number of hydrogen-bond acceptors (Lipinski definition) is 9. The van der Waals surface area contributed by atoms with Crippen molar-refractivity contribution in [3.05, 3.63) is 76.6 Å². The van der Waals surface area contributed by atoms with E-state index in [0.29, 0.717) is 37.9 Å². The highest BCUT2D eigenvalue weighted by atomic mass is 35.5. The van der Waals surface area contributed by atoms with Crippen LogP contribution in [0.4, 0.5) is 15.9 Å². The van der Waals surface area contributed by atoms with Crippen molar-refractivity contribution < 1.29 is 17.6 Å². The largest absolute Gasteiger partial charge is 0.398 e. The summed E-state index contributed by atoms with van der Waals surface area (Å²) < 4.78 is 42.9. The zero-order valence-corrected chi connectivity index (χ0v) is 24.6. The average molecular weight is 624 g/mol. The van der Waals surface area contributed by atoms with Gasteiger partial charge in [-0.3, -0.25) is 4.79 Å². The number of hydrogen-bond donors (Lipinski definition) is 1. The first kappa shape index (κ1) is 28.7. The van der Waals surface area contributed by atoms with Crippen LogP contribution in [-0.4, -0.2) is 69.7 Å². The maximum atomic E-state index is 15.1. The molecule has 4 heterocycles. The van der Waals surface area contributed by atoms with Crippen LogP contribution in [0.2, 0.25) is 5.02 Å². The fraction of sp³-hybridized carbons (Fsp3) is 0.276. The predicted octanol–water partition coefficient (Wildman–Crippen LogP) is 3.38. The maximum Gasteiger partial charge on any atom is 0.355 e. The number of amides is 1. The Hall–Kier alpha value is -4.36. The molecule has 1 aliphatic heterocycles. The van der Waals surface area contributed by atoms with E-state index in [1.54, 1.807) is 4.90 Å². The van der Waals surface area contributed by atoms with Crippen molar-refractivity contribution in [3.8, 4) is 16.9 Å². The molecule has 1 aromatic carbocycles. The van der Waals surface area contributed by atoms with Gasteiger partial charge in [-0.15, -0.1) is 0 Å². The number of pyridine rings is 2. The Morgan fingerprint density at radius 3 is 2.63 bits per heavy atom. The molecule has 2 fully saturated rings. The topological polar surface area (TPSA) is 144 Å². The number of nitrogens with zero attached hydrogens (tertiary/aromatic N) is 6. The van der Waals surface area contributed by atoms with E-state index in [1.165, 1.54) is 48.7 Å². The van der Waals surface area contributed by atoms with Gasteiger partial charge < -0.3 is 15.5 Å². The van der Waals surface area contributed by atoms with Crippen LogP contribution in [0.5, 0.6) is 0 Å². The molecule has 1 saturated carbocycles. The van der Waals surface area contributed by atoms with Gasteiger partial charge >= 0.3 is 5.69 Å². The molecule has 11 nitrogen and oxygen atoms in total. The third kappa shape index (κ3) is 4.91. The normalized spacial score (nSPS) is 17.3. The molecule has 0 bridgehead atoms. The van der Waals surface area contributed by atoms with Crippen molar-refractivity contribution in [1.29, 1.82) is 0 Å². The quantitative estimate of drug-likeness (QED) is 0.252. The van der Waals surface area contributed by atoms with Gasteiger partial charge in [0.25, 0.3) is 0 Å². The van der Waals surface area contributed by atoms with E-state index in [0.717, 1.165) is 4.57 Å². The lowest BCUT2D eigenvalue weighted by Gasteiger charge is -2.40. The minimum Gasteiger partial charge on any atom is -0.398 e. The Balaban J connectivity index is 1.64. The van der Waals surface area contributed by atoms with E-state index in [-0.39, 0.29) is 56.1 Å². The number of halogens is 2. The van der Waals surface area contributed by atoms with Gasteiger partial charge in [0.05, 0.1) is 32.6 Å². The lowest BCUT2D eigenvalue weighted by Crippen LogP contribution is -2.54. The number of benzene rings is 1. The Kier molecular flexibility index (Phi) is 7.17. The summed E-state index contributed by atoms with van der Waals surface area (Å²) in [4.78, 5) is 42.9. The summed E-state index contributed by atoms with van der Waals surface area (Å²) in [6.45, 7) is 6.46. The van der Waals surface area contributed by atoms with E-state index in [1.807, 2.05) is 11.8 Å². The van der Waals surface area contributed by atoms with Gasteiger partial charge in [-0.25, -0.2) is 32.1 Å². The number of aromatic nitrogens is 4. The van der Waals surface area contributed by atoms with Gasteiger partial charge in [-0.05, 0) is 56.2 Å². The van der Waals surface area contributed by atoms with Crippen LogP contribution in [0.1, 0.15) is 19.8 Å². The SMILES string of the molecule is C=CC(=O)N1CCN(c2nc(=O)n(-c3cccnc3S(=O)(=O)C3CC3)c3nc(-c4c(N)cccc4F)c(Cl)cc23)[C@@H](C)C1. The first-order valence-corrected chi connectivity index (χ1v) is 15.5. The maximum absolute atomic E-state index is 15.1. The molecule has 0 radical (unpaired) electrons. The molecule has 1 atom stereocenters. The van der Waals surface area contributed by atoms with Crippen LogP contribution in [0, 0.1) is 5.82 Å². The van der Waals surface area contributed by atoms with E-state index in [2.05, 4.69) is 21.5 Å². The fourth-order valence-corrected chi connectivity index (χ4v) is 7.39. The molecule has 14 heteroatoms. The minimum absolute atomic E-state index is 0.00547. The summed E-state index contributed by atoms with van der Waals surface area (Å²) in [5.41, 5.74) is 5.26. The number of fused-ring (bicyclic) bond motifs is 1. The number of nitrogens with two attached hydrogens (primary N) is 1. The van der Waals surface area contributed by atoms with Crippen molar-refractivity contribution in [2.75, 3.05) is 30.3 Å². The third-order valence-corrected chi connectivity index (χ3v) is 10.2. The van der Waals surface area contributed by atoms with Gasteiger partial charge in [-0.1, -0.05) is 24.2 Å². The highest BCUT2D eigenvalue weighted by Crippen LogP contribution is 2.39. The van der Waals surface area contributed by atoms with Crippen molar-refractivity contribution in [2.24, 2.45) is 0 Å². The standard InChI is InChI=1S/C29H27ClFN7O4S/c1-3-23(39)36-12-13-37(16(2)15-36)26-18-14-19(30)25(24-20(31)6-4-7-21(24)32)34-27(18)38(29(40)35-26)22-8-5-11-33-28(22)43(41,42)17-9-10-17/h3-8,11,14,16-17H,1,9-10,12-13,15,32H2,2H3/t16-/m0/s1. The zero-order chi connectivity index (χ0) is 30.6. The van der Waals surface area contributed by atoms with E-state index in [4.69, 9.17) is 17.3 Å². The Labute approximate surface area is 251 Å². The number of piperazine rings is 1. The number of sulfone groups is 1. The molecule has 43 heavy (non-hydrogen) atoms. The van der Waals surface area contributed by atoms with Gasteiger partial charge in [0.15, 0.2) is 10.7 Å². The number of anilines is 2. The lowest BCUT2D eigenvalue weighted by atomic mass is 10.1. The van der Waals surface area contributed by atoms with E-state index in [9.17, 15) is 18.0 Å². The fourth-order valence-electron chi connectivity index (χ4n) is 5.42. The molecule has 1 aliphatic carbocycles. The Morgan fingerprint density at radius 1 is 1.19 bits per heavy atom. The van der Waals surface area contributed by atoms with Gasteiger partial charge in [-0.2, -0.15) is 4.98 Å². The summed E-state index contributed by atoms with van der Waals surface area (Å²) >= 11 is 6.71. The van der Waals surface area contributed by atoms with Crippen LogP contribution in [0.15, 0.2) is 65.1 Å². The van der Waals surface area contributed by atoms with Crippen LogP contribution in [-0.2, 0) is 14.6 Å². The Bertz CT molecular complexity index is 1960. The van der Waals surface area contributed by atoms with E-state index >= 15 is 4.39 Å². The average Bonchev–Trinajstić information content (AvgIpc) is 3.84. The number of nitrogen functional groups attached to an aromatic ring is 1. The number of rotatable bonds is 6. The van der Waals surface area contributed by atoms with Crippen molar-refractivity contribution in [3.63, 3.8) is 0 Å². The third-order valence-electron chi connectivity index (χ3n) is 7.69. The molecule has 222 valence electrons. The Morgan fingerprint density at radius 2 is 1.95 bits per heavy atom. The molecule has 2 aliphatic rings. The summed E-state index contributed by atoms with van der Waals surface area (Å²) in [6, 6.07) is 8.38. The van der Waals surface area contributed by atoms with E-state index < -0.39 is 26.6 Å². The second kappa shape index (κ2) is 10.7. The molecule has 3 aromatic heterocycles. The molecule has 0 unspecified atom stereocenters. The second-order valence-electron chi connectivity index (χ2n) is 10.6. The lowest BCUT2D eigenvalue weighted by molar-refractivity contribution is -0.126. The van der Waals surface area contributed by atoms with Crippen LogP contribution in [0.25, 0.3) is 28.0 Å². The van der Waals surface area contributed by atoms with Crippen molar-refractivity contribution in [1.82, 2.24) is 24.4 Å². The molecule has 0 spiro atoms. The molecule has 6 rings (SSSR count). The molecule has 4 aromatic rings. The minimum atomic E-state index is -3.86. The first-order chi connectivity index (χ1) is 20.5. The first-order valence-electron chi connectivity index (χ1n) is 13.6. The summed E-state index contributed by atoms with van der Waals surface area (Å²) in [7, 11) is -3.86. The van der Waals surface area contributed by atoms with Crippen LogP contribution < -0.4 is 16.3 Å².